The Hall–Kier alpha value is -2.82. The van der Waals surface area contributed by atoms with Crippen LogP contribution in [0.25, 0.3) is 0 Å². The molecule has 138 valence electrons. The van der Waals surface area contributed by atoms with Crippen LogP contribution >= 0.6 is 0 Å². The van der Waals surface area contributed by atoms with E-state index in [0.29, 0.717) is 29.9 Å². The summed E-state index contributed by atoms with van der Waals surface area (Å²) >= 11 is 0. The second-order valence-electron chi connectivity index (χ2n) is 7.63. The largest absolute Gasteiger partial charge is 0.482 e. The molecule has 0 radical (unpaired) electrons. The summed E-state index contributed by atoms with van der Waals surface area (Å²) in [6, 6.07) is 15.0. The van der Waals surface area contributed by atoms with Gasteiger partial charge in [-0.3, -0.25) is 9.79 Å². The first-order valence-corrected chi connectivity index (χ1v) is 9.66. The molecule has 2 aromatic rings. The van der Waals surface area contributed by atoms with E-state index < -0.39 is 0 Å². The Morgan fingerprint density at radius 3 is 2.78 bits per heavy atom. The number of nitrogens with zero attached hydrogens (tertiary/aromatic N) is 2. The van der Waals surface area contributed by atoms with E-state index >= 15 is 0 Å². The summed E-state index contributed by atoms with van der Waals surface area (Å²) in [5.74, 6) is 0.850. The normalized spacial score (nSPS) is 23.7. The predicted molar refractivity (Wildman–Crippen MR) is 105 cm³/mol. The number of ether oxygens (including phenoxy) is 1. The molecule has 2 aliphatic carbocycles. The number of nitrogen functional groups attached to an aromatic ring is 1. The molecule has 2 aromatic carbocycles. The maximum absolute atomic E-state index is 12.1. The van der Waals surface area contributed by atoms with Crippen molar-refractivity contribution in [1.82, 2.24) is 4.90 Å². The van der Waals surface area contributed by atoms with Crippen molar-refractivity contribution >= 4 is 17.8 Å². The Morgan fingerprint density at radius 2 is 2.04 bits per heavy atom. The maximum Gasteiger partial charge on any atom is 0.163 e. The third-order valence-corrected chi connectivity index (χ3v) is 5.82. The summed E-state index contributed by atoms with van der Waals surface area (Å²) in [6.07, 6.45) is 5.25. The summed E-state index contributed by atoms with van der Waals surface area (Å²) in [4.78, 5) is 18.9. The zero-order valence-corrected chi connectivity index (χ0v) is 15.2. The minimum Gasteiger partial charge on any atom is -0.482 e. The number of aliphatic imine (C=N–C) groups is 1. The van der Waals surface area contributed by atoms with Gasteiger partial charge in [0.2, 0.25) is 0 Å². The molecule has 1 fully saturated rings. The monoisotopic (exact) mass is 361 g/mol. The summed E-state index contributed by atoms with van der Waals surface area (Å²) in [7, 11) is 0. The fourth-order valence-corrected chi connectivity index (χ4v) is 4.18. The summed E-state index contributed by atoms with van der Waals surface area (Å²) in [5.41, 5.74) is 9.85. The van der Waals surface area contributed by atoms with Crippen LogP contribution < -0.4 is 10.5 Å². The third kappa shape index (κ3) is 2.97. The van der Waals surface area contributed by atoms with Gasteiger partial charge in [-0.2, -0.15) is 0 Å². The van der Waals surface area contributed by atoms with Gasteiger partial charge in [-0.1, -0.05) is 30.3 Å². The molecule has 3 aliphatic rings. The van der Waals surface area contributed by atoms with E-state index in [4.69, 9.17) is 10.5 Å². The molecule has 27 heavy (non-hydrogen) atoms. The quantitative estimate of drug-likeness (QED) is 0.829. The fraction of sp³-hybridized carbons (Fsp3) is 0.364. The average Bonchev–Trinajstić information content (AvgIpc) is 3.38. The smallest absolute Gasteiger partial charge is 0.163 e. The second kappa shape index (κ2) is 6.41. The van der Waals surface area contributed by atoms with Gasteiger partial charge in [-0.25, -0.2) is 0 Å². The number of benzene rings is 2. The number of carbonyl (C=O) groups is 1. The van der Waals surface area contributed by atoms with Crippen molar-refractivity contribution in [3.8, 4) is 5.75 Å². The summed E-state index contributed by atoms with van der Waals surface area (Å²) < 4.78 is 6.42. The molecular formula is C22H23N3O2. The number of rotatable bonds is 5. The number of carbonyl (C=O) groups excluding carboxylic acids is 1. The number of anilines is 1. The van der Waals surface area contributed by atoms with E-state index in [-0.39, 0.29) is 11.9 Å². The van der Waals surface area contributed by atoms with Crippen LogP contribution in [0.1, 0.15) is 46.9 Å². The van der Waals surface area contributed by atoms with Crippen LogP contribution in [0.15, 0.2) is 47.5 Å². The summed E-state index contributed by atoms with van der Waals surface area (Å²) in [6.45, 7) is 0.740. The minimum atomic E-state index is -0.142. The Balaban J connectivity index is 1.44. The zero-order chi connectivity index (χ0) is 18.4. The molecule has 5 nitrogen and oxygen atoms in total. The third-order valence-electron chi connectivity index (χ3n) is 5.82. The first-order valence-electron chi connectivity index (χ1n) is 9.66. The molecule has 0 amide bonds. The Morgan fingerprint density at radius 1 is 1.19 bits per heavy atom. The molecule has 0 saturated heterocycles. The Labute approximate surface area is 158 Å². The van der Waals surface area contributed by atoms with E-state index in [1.54, 1.807) is 0 Å². The predicted octanol–water partition coefficient (Wildman–Crippen LogP) is 3.39. The highest BCUT2D eigenvalue weighted by molar-refractivity contribution is 6.00. The fourth-order valence-electron chi connectivity index (χ4n) is 4.18. The van der Waals surface area contributed by atoms with Crippen molar-refractivity contribution in [2.24, 2.45) is 4.99 Å². The van der Waals surface area contributed by atoms with E-state index in [0.717, 1.165) is 42.5 Å². The van der Waals surface area contributed by atoms with Gasteiger partial charge in [0, 0.05) is 12.0 Å². The van der Waals surface area contributed by atoms with E-state index in [1.807, 2.05) is 36.7 Å². The SMILES string of the molecule is Nc1c(O[C@H](CN2C=NC3CC32)c2ccccc2)ccc2c1CCCC2=O. The highest BCUT2D eigenvalue weighted by atomic mass is 16.5. The Bertz CT molecular complexity index is 909. The van der Waals surface area contributed by atoms with Gasteiger partial charge in [0.1, 0.15) is 11.9 Å². The van der Waals surface area contributed by atoms with Crippen LogP contribution in [0.4, 0.5) is 5.69 Å². The second-order valence-corrected chi connectivity index (χ2v) is 7.63. The molecule has 5 heteroatoms. The standard InChI is InChI=1S/C22H23N3O2/c23-22-16-7-4-8-19(26)15(16)9-10-20(22)27-21(14-5-2-1-3-6-14)12-25-13-24-17-11-18(17)25/h1-3,5-6,9-10,13,17-18,21H,4,7-8,11-12,23H2/t17?,18?,21-/m1/s1. The van der Waals surface area contributed by atoms with Gasteiger partial charge in [0.15, 0.2) is 5.78 Å². The topological polar surface area (TPSA) is 67.9 Å². The maximum atomic E-state index is 12.1. The highest BCUT2D eigenvalue weighted by Gasteiger charge is 2.45. The number of nitrogens with two attached hydrogens (primary N) is 1. The van der Waals surface area contributed by atoms with Crippen molar-refractivity contribution in [2.75, 3.05) is 12.3 Å². The highest BCUT2D eigenvalue weighted by Crippen LogP contribution is 2.38. The lowest BCUT2D eigenvalue weighted by atomic mass is 9.89. The minimum absolute atomic E-state index is 0.142. The molecule has 1 saturated carbocycles. The van der Waals surface area contributed by atoms with Gasteiger partial charge in [-0.05, 0) is 42.5 Å². The lowest BCUT2D eigenvalue weighted by Gasteiger charge is -2.27. The van der Waals surface area contributed by atoms with Crippen molar-refractivity contribution in [1.29, 1.82) is 0 Å². The molecular weight excluding hydrogens is 338 g/mol. The molecule has 3 atom stereocenters. The van der Waals surface area contributed by atoms with Crippen molar-refractivity contribution in [2.45, 2.75) is 43.9 Å². The molecule has 2 N–H and O–H groups in total. The molecule has 5 rings (SSSR count). The van der Waals surface area contributed by atoms with Gasteiger partial charge < -0.3 is 15.4 Å². The van der Waals surface area contributed by atoms with Crippen LogP contribution in [0.2, 0.25) is 0 Å². The van der Waals surface area contributed by atoms with Gasteiger partial charge in [-0.15, -0.1) is 0 Å². The lowest BCUT2D eigenvalue weighted by Crippen LogP contribution is -2.30. The van der Waals surface area contributed by atoms with Crippen LogP contribution in [0.3, 0.4) is 0 Å². The van der Waals surface area contributed by atoms with Crippen LogP contribution in [-0.2, 0) is 6.42 Å². The van der Waals surface area contributed by atoms with Gasteiger partial charge in [0.25, 0.3) is 0 Å². The van der Waals surface area contributed by atoms with Crippen LogP contribution in [0.5, 0.6) is 5.75 Å². The van der Waals surface area contributed by atoms with E-state index in [2.05, 4.69) is 22.0 Å². The van der Waals surface area contributed by atoms with Gasteiger partial charge >= 0.3 is 0 Å². The van der Waals surface area contributed by atoms with Gasteiger partial charge in [0.05, 0.1) is 30.7 Å². The zero-order valence-electron chi connectivity index (χ0n) is 15.2. The number of ketones is 1. The van der Waals surface area contributed by atoms with Crippen molar-refractivity contribution in [3.63, 3.8) is 0 Å². The van der Waals surface area contributed by atoms with Crippen molar-refractivity contribution < 1.29 is 9.53 Å². The summed E-state index contributed by atoms with van der Waals surface area (Å²) in [5, 5.41) is 0. The van der Waals surface area contributed by atoms with Crippen LogP contribution in [-0.4, -0.2) is 35.7 Å². The average molecular weight is 361 g/mol. The Kier molecular flexibility index (Phi) is 3.88. The molecule has 0 bridgehead atoms. The molecule has 1 heterocycles. The number of hydrogen-bond donors (Lipinski definition) is 1. The first kappa shape index (κ1) is 16.4. The number of Topliss-reactive ketones (excluding diaryl/α,β-unsaturated/α-hetero) is 1. The number of hydrogen-bond acceptors (Lipinski definition) is 5. The molecule has 1 aliphatic heterocycles. The van der Waals surface area contributed by atoms with Crippen LogP contribution in [0, 0.1) is 0 Å². The number of fused-ring (bicyclic) bond motifs is 2. The lowest BCUT2D eigenvalue weighted by molar-refractivity contribution is 0.0972. The first-order chi connectivity index (χ1) is 13.2. The van der Waals surface area contributed by atoms with Crippen molar-refractivity contribution in [3.05, 3.63) is 59.2 Å². The van der Waals surface area contributed by atoms with E-state index in [1.165, 1.54) is 0 Å². The molecule has 2 unspecified atom stereocenters. The van der Waals surface area contributed by atoms with E-state index in [9.17, 15) is 4.79 Å². The molecule has 0 aromatic heterocycles. The molecule has 0 spiro atoms.